The van der Waals surface area contributed by atoms with Crippen molar-refractivity contribution in [2.24, 2.45) is 4.99 Å². The Morgan fingerprint density at radius 3 is 2.77 bits per heavy atom. The number of amidine groups is 1. The van der Waals surface area contributed by atoms with Crippen LogP contribution in [0.3, 0.4) is 0 Å². The normalized spacial score (nSPS) is 15.7. The number of carbonyl (C=O) groups excluding carboxylic acids is 1. The Hall–Kier alpha value is -2.86. The molecule has 1 saturated heterocycles. The number of nitrogens with one attached hydrogen (secondary N) is 1. The number of halogens is 1. The third-order valence-electron chi connectivity index (χ3n) is 3.81. The molecule has 9 heteroatoms. The maximum atomic E-state index is 12.4. The van der Waals surface area contributed by atoms with E-state index >= 15 is 0 Å². The van der Waals surface area contributed by atoms with Crippen LogP contribution in [0.15, 0.2) is 63.8 Å². The quantitative estimate of drug-likeness (QED) is 0.260. The molecule has 0 aromatic heterocycles. The van der Waals surface area contributed by atoms with E-state index < -0.39 is 0 Å². The van der Waals surface area contributed by atoms with Crippen molar-refractivity contribution in [3.8, 4) is 16.9 Å². The molecule has 152 valence electrons. The first kappa shape index (κ1) is 21.8. The molecule has 2 aromatic rings. The number of benzene rings is 2. The molecule has 3 rings (SSSR count). The highest BCUT2D eigenvalue weighted by atomic mass is 35.5. The summed E-state index contributed by atoms with van der Waals surface area (Å²) in [6.07, 6.45) is 3.30. The Morgan fingerprint density at radius 2 is 2.10 bits per heavy atom. The fourth-order valence-corrected chi connectivity index (χ4v) is 3.88. The molecule has 0 saturated carbocycles. The molecule has 0 spiro atoms. The van der Waals surface area contributed by atoms with Crippen LogP contribution in [-0.4, -0.2) is 24.8 Å². The zero-order valence-corrected chi connectivity index (χ0v) is 18.2. The summed E-state index contributed by atoms with van der Waals surface area (Å²) in [6.45, 7) is 3.94. The number of aliphatic imine (C=N–C) groups is 1. The minimum absolute atomic E-state index is 0.266. The molecular formula is C21H16ClN3O3S2. The Kier molecular flexibility index (Phi) is 7.46. The number of nitrogens with zero attached hydrogens (tertiary/aromatic N) is 2. The molecule has 30 heavy (non-hydrogen) atoms. The largest absolute Gasteiger partial charge is 0.493 e. The summed E-state index contributed by atoms with van der Waals surface area (Å²) in [5.74, 6) is 0.728. The Morgan fingerprint density at radius 1 is 1.33 bits per heavy atom. The Balaban J connectivity index is 1.82. The second-order valence-electron chi connectivity index (χ2n) is 5.79. The average molecular weight is 458 g/mol. The molecule has 0 aliphatic carbocycles. The van der Waals surface area contributed by atoms with Crippen LogP contribution in [0.2, 0.25) is 5.02 Å². The molecule has 0 unspecified atom stereocenters. The van der Waals surface area contributed by atoms with Gasteiger partial charge in [0.15, 0.2) is 16.7 Å². The summed E-state index contributed by atoms with van der Waals surface area (Å²) in [5.41, 5.74) is 1.29. The zero-order valence-electron chi connectivity index (χ0n) is 15.8. The van der Waals surface area contributed by atoms with Crippen molar-refractivity contribution in [3.63, 3.8) is 0 Å². The van der Waals surface area contributed by atoms with Gasteiger partial charge in [-0.1, -0.05) is 24.3 Å². The van der Waals surface area contributed by atoms with Gasteiger partial charge in [0.25, 0.3) is 5.91 Å². The Labute approximate surface area is 187 Å². The van der Waals surface area contributed by atoms with E-state index in [1.165, 1.54) is 18.9 Å². The summed E-state index contributed by atoms with van der Waals surface area (Å²) in [6, 6.07) is 10.5. The van der Waals surface area contributed by atoms with E-state index in [2.05, 4.69) is 16.9 Å². The lowest BCUT2D eigenvalue weighted by atomic mass is 10.2. The standard InChI is InChI=1S/C21H16ClN3O3S2/c1-3-8-28-18-11-16(22)13(9-17(18)27-2)10-19-20(26)25-21(30-19)24-14-4-6-15(7-5-14)29-12-23/h3-7,9-11H,1,8H2,2H3,(H,24,25,26). The second-order valence-corrected chi connectivity index (χ2v) is 8.09. The predicted octanol–water partition coefficient (Wildman–Crippen LogP) is 5.38. The number of carbonyl (C=O) groups is 1. The van der Waals surface area contributed by atoms with Gasteiger partial charge in [0.2, 0.25) is 0 Å². The van der Waals surface area contributed by atoms with Gasteiger partial charge in [-0.25, -0.2) is 4.99 Å². The van der Waals surface area contributed by atoms with E-state index in [9.17, 15) is 4.79 Å². The van der Waals surface area contributed by atoms with Gasteiger partial charge >= 0.3 is 0 Å². The van der Waals surface area contributed by atoms with E-state index in [1.807, 2.05) is 5.40 Å². The maximum absolute atomic E-state index is 12.4. The molecule has 1 aliphatic heterocycles. The Bertz CT molecular complexity index is 1080. The number of thiocyanates is 1. The molecule has 0 atom stereocenters. The van der Waals surface area contributed by atoms with Crippen molar-refractivity contribution >= 4 is 58.0 Å². The number of hydrogen-bond donors (Lipinski definition) is 1. The first-order valence-electron chi connectivity index (χ1n) is 8.61. The highest BCUT2D eigenvalue weighted by Crippen LogP contribution is 2.36. The van der Waals surface area contributed by atoms with Crippen LogP contribution in [0.1, 0.15) is 5.56 Å². The van der Waals surface area contributed by atoms with Crippen LogP contribution >= 0.6 is 35.1 Å². The summed E-state index contributed by atoms with van der Waals surface area (Å²) in [4.78, 5) is 18.1. The van der Waals surface area contributed by atoms with Crippen molar-refractivity contribution in [3.05, 3.63) is 64.5 Å². The predicted molar refractivity (Wildman–Crippen MR) is 122 cm³/mol. The minimum Gasteiger partial charge on any atom is -0.493 e. The van der Waals surface area contributed by atoms with E-state index in [0.717, 1.165) is 16.7 Å². The van der Waals surface area contributed by atoms with Crippen molar-refractivity contribution < 1.29 is 14.3 Å². The van der Waals surface area contributed by atoms with Crippen molar-refractivity contribution in [2.45, 2.75) is 4.90 Å². The van der Waals surface area contributed by atoms with Crippen LogP contribution in [-0.2, 0) is 4.79 Å². The topological polar surface area (TPSA) is 83.7 Å². The molecule has 1 amide bonds. The average Bonchev–Trinajstić information content (AvgIpc) is 3.08. The van der Waals surface area contributed by atoms with Gasteiger partial charge in [-0.3, -0.25) is 4.79 Å². The second kappa shape index (κ2) is 10.3. The number of hydrogen-bond acceptors (Lipinski definition) is 7. The molecule has 6 nitrogen and oxygen atoms in total. The SMILES string of the molecule is C=CCOc1cc(Cl)c(C=C2SC(=Nc3ccc(SC#N)cc3)NC2=O)cc1OC. The number of methoxy groups -OCH3 is 1. The van der Waals surface area contributed by atoms with Gasteiger partial charge in [0, 0.05) is 11.0 Å². The number of thioether (sulfide) groups is 2. The zero-order chi connectivity index (χ0) is 21.5. The highest BCUT2D eigenvalue weighted by Gasteiger charge is 2.24. The van der Waals surface area contributed by atoms with Crippen LogP contribution in [0.4, 0.5) is 5.69 Å². The van der Waals surface area contributed by atoms with Crippen molar-refractivity contribution in [2.75, 3.05) is 13.7 Å². The van der Waals surface area contributed by atoms with Crippen molar-refractivity contribution in [1.82, 2.24) is 5.32 Å². The molecule has 0 bridgehead atoms. The lowest BCUT2D eigenvalue weighted by Crippen LogP contribution is -2.19. The molecule has 2 aromatic carbocycles. The lowest BCUT2D eigenvalue weighted by molar-refractivity contribution is -0.115. The van der Waals surface area contributed by atoms with Crippen LogP contribution in [0.25, 0.3) is 6.08 Å². The fourth-order valence-electron chi connectivity index (χ4n) is 2.46. The van der Waals surface area contributed by atoms with Crippen LogP contribution < -0.4 is 14.8 Å². The third-order valence-corrected chi connectivity index (χ3v) is 5.64. The molecule has 1 N–H and O–H groups in total. The van der Waals surface area contributed by atoms with Gasteiger partial charge in [-0.05, 0) is 65.5 Å². The summed E-state index contributed by atoms with van der Waals surface area (Å²) >= 11 is 8.65. The first-order valence-corrected chi connectivity index (χ1v) is 10.6. The first-order chi connectivity index (χ1) is 14.5. The van der Waals surface area contributed by atoms with Gasteiger partial charge in [-0.15, -0.1) is 0 Å². The molecule has 1 aliphatic rings. The summed E-state index contributed by atoms with van der Waals surface area (Å²) < 4.78 is 10.9. The lowest BCUT2D eigenvalue weighted by Gasteiger charge is -2.11. The van der Waals surface area contributed by atoms with E-state index in [-0.39, 0.29) is 5.91 Å². The fraction of sp³-hybridized carbons (Fsp3) is 0.0952. The summed E-state index contributed by atoms with van der Waals surface area (Å²) in [5, 5.41) is 14.3. The van der Waals surface area contributed by atoms with Gasteiger partial charge < -0.3 is 14.8 Å². The van der Waals surface area contributed by atoms with E-state index in [0.29, 0.717) is 44.5 Å². The molecule has 0 radical (unpaired) electrons. The van der Waals surface area contributed by atoms with Gasteiger partial charge in [0.1, 0.15) is 12.0 Å². The van der Waals surface area contributed by atoms with Gasteiger partial charge in [0.05, 0.1) is 22.7 Å². The highest BCUT2D eigenvalue weighted by molar-refractivity contribution is 8.18. The van der Waals surface area contributed by atoms with Crippen molar-refractivity contribution in [1.29, 1.82) is 5.26 Å². The molecule has 1 heterocycles. The van der Waals surface area contributed by atoms with Crippen LogP contribution in [0, 0.1) is 10.7 Å². The monoisotopic (exact) mass is 457 g/mol. The van der Waals surface area contributed by atoms with Gasteiger partial charge in [-0.2, -0.15) is 5.26 Å². The van der Waals surface area contributed by atoms with E-state index in [4.69, 9.17) is 26.3 Å². The minimum atomic E-state index is -0.266. The number of rotatable bonds is 7. The summed E-state index contributed by atoms with van der Waals surface area (Å²) in [7, 11) is 1.53. The van der Waals surface area contributed by atoms with E-state index in [1.54, 1.807) is 48.6 Å². The maximum Gasteiger partial charge on any atom is 0.264 e. The smallest absolute Gasteiger partial charge is 0.264 e. The molecular weight excluding hydrogens is 442 g/mol. The third kappa shape index (κ3) is 5.39. The number of nitriles is 1. The number of amides is 1. The van der Waals surface area contributed by atoms with Crippen LogP contribution in [0.5, 0.6) is 11.5 Å². The molecule has 1 fully saturated rings. The number of ether oxygens (including phenoxy) is 2.